The molecule has 0 aromatic heterocycles. The van der Waals surface area contributed by atoms with Crippen LogP contribution < -0.4 is 23.7 Å². The van der Waals surface area contributed by atoms with Gasteiger partial charge in [-0.2, -0.15) is 0 Å². The monoisotopic (exact) mass is 428 g/mol. The van der Waals surface area contributed by atoms with Gasteiger partial charge in [-0.3, -0.25) is 4.79 Å². The van der Waals surface area contributed by atoms with E-state index in [4.69, 9.17) is 28.4 Å². The van der Waals surface area contributed by atoms with Crippen LogP contribution >= 0.6 is 0 Å². The summed E-state index contributed by atoms with van der Waals surface area (Å²) in [5.74, 6) is 1.90. The lowest BCUT2D eigenvalue weighted by Gasteiger charge is -2.44. The summed E-state index contributed by atoms with van der Waals surface area (Å²) < 4.78 is 33.0. The van der Waals surface area contributed by atoms with Crippen LogP contribution in [0.2, 0.25) is 0 Å². The van der Waals surface area contributed by atoms with Crippen LogP contribution in [0.4, 0.5) is 0 Å². The highest BCUT2D eigenvalue weighted by atomic mass is 16.7. The van der Waals surface area contributed by atoms with Gasteiger partial charge in [0.2, 0.25) is 12.5 Å². The largest absolute Gasteiger partial charge is 0.493 e. The Kier molecular flexibility index (Phi) is 4.81. The maximum Gasteiger partial charge on any atom is 0.306 e. The van der Waals surface area contributed by atoms with Crippen LogP contribution in [-0.4, -0.2) is 45.8 Å². The van der Waals surface area contributed by atoms with Gasteiger partial charge in [0.05, 0.1) is 34.0 Å². The van der Waals surface area contributed by atoms with Crippen molar-refractivity contribution in [2.75, 3.05) is 34.7 Å². The minimum absolute atomic E-state index is 0.137. The van der Waals surface area contributed by atoms with Gasteiger partial charge in [0, 0.05) is 18.3 Å². The number of hydrogen-bond donors (Lipinski definition) is 1. The van der Waals surface area contributed by atoms with E-state index in [2.05, 4.69) is 0 Å². The van der Waals surface area contributed by atoms with E-state index in [9.17, 15) is 9.90 Å². The summed E-state index contributed by atoms with van der Waals surface area (Å²) in [6.45, 7) is 0.303. The number of ether oxygens (including phenoxy) is 6. The molecule has 0 unspecified atom stereocenters. The van der Waals surface area contributed by atoms with Gasteiger partial charge in [-0.15, -0.1) is 0 Å². The van der Waals surface area contributed by atoms with Crippen LogP contribution in [-0.2, 0) is 9.53 Å². The van der Waals surface area contributed by atoms with Crippen molar-refractivity contribution in [2.45, 2.75) is 18.4 Å². The molecule has 4 atom stereocenters. The highest BCUT2D eigenvalue weighted by molar-refractivity contribution is 5.71. The van der Waals surface area contributed by atoms with Gasteiger partial charge in [0.1, 0.15) is 0 Å². The fraction of sp³-hybridized carbons (Fsp3) is 0.435. The molecular weight excluding hydrogens is 404 g/mol. The normalized spacial score (nSPS) is 25.9. The lowest BCUT2D eigenvalue weighted by molar-refractivity contribution is -0.158. The highest BCUT2D eigenvalue weighted by Gasteiger charge is 2.47. The molecule has 1 fully saturated rings. The summed E-state index contributed by atoms with van der Waals surface area (Å²) in [5, 5.41) is 11.2. The summed E-state index contributed by atoms with van der Waals surface area (Å²) in [7, 11) is 4.69. The fourth-order valence-electron chi connectivity index (χ4n) is 5.07. The minimum Gasteiger partial charge on any atom is -0.493 e. The SMILES string of the molecule is COc1cc([C@@H]2c3cc4c(cc3[C@@H](O)[C@H]3COC(=O)C[C@H]23)OCO4)cc(OC)c1OC. The number of rotatable bonds is 4. The van der Waals surface area contributed by atoms with E-state index in [0.29, 0.717) is 28.7 Å². The number of benzene rings is 2. The number of esters is 1. The van der Waals surface area contributed by atoms with Crippen LogP contribution in [0.15, 0.2) is 24.3 Å². The Morgan fingerprint density at radius 2 is 1.52 bits per heavy atom. The number of carbonyl (C=O) groups is 1. The first-order valence-corrected chi connectivity index (χ1v) is 10.1. The zero-order valence-electron chi connectivity index (χ0n) is 17.5. The molecule has 1 aliphatic carbocycles. The molecule has 5 rings (SSSR count). The number of methoxy groups -OCH3 is 3. The first kappa shape index (κ1) is 19.8. The summed E-state index contributed by atoms with van der Waals surface area (Å²) in [6.07, 6.45) is -0.572. The number of cyclic esters (lactones) is 1. The summed E-state index contributed by atoms with van der Waals surface area (Å²) in [4.78, 5) is 12.2. The molecule has 8 nitrogen and oxygen atoms in total. The van der Waals surface area contributed by atoms with Crippen molar-refractivity contribution in [3.63, 3.8) is 0 Å². The molecule has 2 aliphatic heterocycles. The topological polar surface area (TPSA) is 92.7 Å². The fourth-order valence-corrected chi connectivity index (χ4v) is 5.07. The molecule has 8 heteroatoms. The molecule has 1 N–H and O–H groups in total. The van der Waals surface area contributed by atoms with Crippen molar-refractivity contribution >= 4 is 5.97 Å². The van der Waals surface area contributed by atoms with Crippen LogP contribution in [0.3, 0.4) is 0 Å². The Hall–Kier alpha value is -3.13. The molecule has 2 heterocycles. The van der Waals surface area contributed by atoms with E-state index in [1.54, 1.807) is 21.3 Å². The van der Waals surface area contributed by atoms with Crippen molar-refractivity contribution in [3.05, 3.63) is 41.0 Å². The van der Waals surface area contributed by atoms with E-state index < -0.39 is 6.10 Å². The van der Waals surface area contributed by atoms with Gasteiger partial charge in [-0.05, 0) is 46.9 Å². The van der Waals surface area contributed by atoms with Gasteiger partial charge >= 0.3 is 5.97 Å². The molecule has 0 saturated carbocycles. The third-order valence-corrected chi connectivity index (χ3v) is 6.50. The van der Waals surface area contributed by atoms with Crippen molar-refractivity contribution < 1.29 is 38.3 Å². The van der Waals surface area contributed by atoms with Crippen molar-refractivity contribution in [3.8, 4) is 28.7 Å². The Labute approximate surface area is 179 Å². The Morgan fingerprint density at radius 3 is 2.13 bits per heavy atom. The van der Waals surface area contributed by atoms with Gasteiger partial charge < -0.3 is 33.5 Å². The first-order valence-electron chi connectivity index (χ1n) is 10.1. The lowest BCUT2D eigenvalue weighted by atomic mass is 9.63. The molecule has 0 radical (unpaired) electrons. The number of carbonyl (C=O) groups excluding carboxylic acids is 1. The molecule has 0 bridgehead atoms. The average Bonchev–Trinajstić information content (AvgIpc) is 3.24. The third-order valence-electron chi connectivity index (χ3n) is 6.50. The standard InChI is InChI=1S/C23H24O8/c1-26-18-4-11(5-19(27-2)23(18)28-3)21-12-6-16-17(31-10-30-16)7-14(12)22(25)15-9-29-20(24)8-13(15)21/h4-7,13,15,21-22,25H,8-10H2,1-3H3/t13-,15-,21+,22+/m0/s1. The van der Waals surface area contributed by atoms with Crippen LogP contribution in [0.25, 0.3) is 0 Å². The molecule has 1 saturated heterocycles. The molecule has 164 valence electrons. The predicted octanol–water partition coefficient (Wildman–Crippen LogP) is 2.80. The maximum absolute atomic E-state index is 12.2. The van der Waals surface area contributed by atoms with Gasteiger partial charge in [-0.1, -0.05) is 0 Å². The Bertz CT molecular complexity index is 1010. The summed E-state index contributed by atoms with van der Waals surface area (Å²) in [6, 6.07) is 7.54. The number of aliphatic hydroxyl groups excluding tert-OH is 1. The Morgan fingerprint density at radius 1 is 0.871 bits per heavy atom. The molecule has 2 aromatic carbocycles. The molecular formula is C23H24O8. The molecule has 0 spiro atoms. The number of fused-ring (bicyclic) bond motifs is 3. The van der Waals surface area contributed by atoms with E-state index in [-0.39, 0.29) is 43.5 Å². The smallest absolute Gasteiger partial charge is 0.306 e. The molecule has 2 aromatic rings. The van der Waals surface area contributed by atoms with Crippen molar-refractivity contribution in [1.29, 1.82) is 0 Å². The van der Waals surface area contributed by atoms with Gasteiger partial charge in [-0.25, -0.2) is 0 Å². The van der Waals surface area contributed by atoms with Gasteiger partial charge in [0.15, 0.2) is 23.0 Å². The number of aliphatic hydroxyl groups is 1. The average molecular weight is 428 g/mol. The summed E-state index contributed by atoms with van der Waals surface area (Å²) in [5.41, 5.74) is 2.54. The van der Waals surface area contributed by atoms with E-state index >= 15 is 0 Å². The van der Waals surface area contributed by atoms with E-state index in [1.165, 1.54) is 0 Å². The van der Waals surface area contributed by atoms with Crippen LogP contribution in [0, 0.1) is 11.8 Å². The van der Waals surface area contributed by atoms with Crippen LogP contribution in [0.5, 0.6) is 28.7 Å². The second-order valence-electron chi connectivity index (χ2n) is 7.93. The maximum atomic E-state index is 12.2. The molecule has 0 amide bonds. The van der Waals surface area contributed by atoms with Crippen LogP contribution in [0.1, 0.15) is 35.1 Å². The highest BCUT2D eigenvalue weighted by Crippen LogP contribution is 2.55. The quantitative estimate of drug-likeness (QED) is 0.744. The summed E-state index contributed by atoms with van der Waals surface area (Å²) >= 11 is 0. The second-order valence-corrected chi connectivity index (χ2v) is 7.93. The van der Waals surface area contributed by atoms with Crippen molar-refractivity contribution in [2.24, 2.45) is 11.8 Å². The van der Waals surface area contributed by atoms with E-state index in [1.807, 2.05) is 24.3 Å². The predicted molar refractivity (Wildman–Crippen MR) is 108 cm³/mol. The lowest BCUT2D eigenvalue weighted by Crippen LogP contribution is -2.42. The first-order chi connectivity index (χ1) is 15.0. The van der Waals surface area contributed by atoms with Gasteiger partial charge in [0.25, 0.3) is 0 Å². The third kappa shape index (κ3) is 3.05. The molecule has 31 heavy (non-hydrogen) atoms. The second kappa shape index (κ2) is 7.53. The Balaban J connectivity index is 1.73. The zero-order chi connectivity index (χ0) is 21.7. The van der Waals surface area contributed by atoms with Crippen molar-refractivity contribution in [1.82, 2.24) is 0 Å². The number of hydrogen-bond acceptors (Lipinski definition) is 8. The molecule has 3 aliphatic rings. The zero-order valence-corrected chi connectivity index (χ0v) is 17.5. The van der Waals surface area contributed by atoms with E-state index in [0.717, 1.165) is 16.7 Å². The minimum atomic E-state index is -0.777.